The van der Waals surface area contributed by atoms with E-state index in [-0.39, 0.29) is 31.4 Å². The van der Waals surface area contributed by atoms with Crippen LogP contribution < -0.4 is 16.0 Å². The van der Waals surface area contributed by atoms with Crippen molar-refractivity contribution >= 4 is 29.5 Å². The second-order valence-corrected chi connectivity index (χ2v) is 11.1. The summed E-state index contributed by atoms with van der Waals surface area (Å²) < 4.78 is 5.36. The van der Waals surface area contributed by atoms with Crippen LogP contribution in [0.25, 0.3) is 0 Å². The van der Waals surface area contributed by atoms with Crippen molar-refractivity contribution in [1.82, 2.24) is 16.0 Å². The number of aliphatic hydroxyl groups excluding tert-OH is 1. The lowest BCUT2D eigenvalue weighted by Crippen LogP contribution is -2.52. The van der Waals surface area contributed by atoms with E-state index in [2.05, 4.69) is 16.0 Å². The third kappa shape index (κ3) is 11.2. The molecule has 1 fully saturated rings. The fraction of sp³-hybridized carbons (Fsp3) is 0.516. The van der Waals surface area contributed by atoms with Crippen molar-refractivity contribution in [2.24, 2.45) is 11.8 Å². The molecule has 2 aromatic rings. The van der Waals surface area contributed by atoms with Gasteiger partial charge in [0.05, 0.1) is 12.6 Å². The maximum Gasteiger partial charge on any atom is 0.408 e. The zero-order chi connectivity index (χ0) is 28.7. The number of carbonyl (C=O) groups excluding carboxylic acids is 3. The molecule has 0 aliphatic heterocycles. The van der Waals surface area contributed by atoms with Crippen LogP contribution in [0.1, 0.15) is 63.0 Å². The van der Waals surface area contributed by atoms with Gasteiger partial charge in [-0.15, -0.1) is 0 Å². The largest absolute Gasteiger partial charge is 0.445 e. The predicted molar refractivity (Wildman–Crippen MR) is 156 cm³/mol. The van der Waals surface area contributed by atoms with E-state index in [1.807, 2.05) is 30.3 Å². The van der Waals surface area contributed by atoms with E-state index in [1.54, 1.807) is 31.2 Å². The van der Waals surface area contributed by atoms with Crippen LogP contribution in [0.4, 0.5) is 4.79 Å². The van der Waals surface area contributed by atoms with Gasteiger partial charge in [-0.05, 0) is 48.4 Å². The SMILES string of the molecule is CC(CC(CO)NC(=O)C(CC1CCCCC1)NC(=O)OCc1cccc(Cl)c1)C(=O)NCCc1ccccc1. The number of rotatable bonds is 14. The molecule has 4 N–H and O–H groups in total. The summed E-state index contributed by atoms with van der Waals surface area (Å²) in [5, 5.41) is 19.0. The summed E-state index contributed by atoms with van der Waals surface area (Å²) in [5.41, 5.74) is 1.88. The number of hydrogen-bond acceptors (Lipinski definition) is 5. The molecule has 3 atom stereocenters. The van der Waals surface area contributed by atoms with Crippen LogP contribution in [0.3, 0.4) is 0 Å². The lowest BCUT2D eigenvalue weighted by Gasteiger charge is -2.28. The number of alkyl carbamates (subject to hydrolysis) is 1. The lowest BCUT2D eigenvalue weighted by molar-refractivity contribution is -0.127. The minimum Gasteiger partial charge on any atom is -0.445 e. The Kier molecular flexibility index (Phi) is 13.3. The molecular weight excluding hydrogens is 530 g/mol. The molecule has 0 bridgehead atoms. The molecule has 8 nitrogen and oxygen atoms in total. The maximum absolute atomic E-state index is 13.3. The molecule has 218 valence electrons. The molecule has 1 aliphatic rings. The van der Waals surface area contributed by atoms with Crippen LogP contribution in [0.15, 0.2) is 54.6 Å². The average Bonchev–Trinajstić information content (AvgIpc) is 2.96. The number of carbonyl (C=O) groups is 3. The van der Waals surface area contributed by atoms with E-state index in [0.29, 0.717) is 23.9 Å². The van der Waals surface area contributed by atoms with Crippen LogP contribution in [0.5, 0.6) is 0 Å². The first-order valence-electron chi connectivity index (χ1n) is 14.2. The summed E-state index contributed by atoms with van der Waals surface area (Å²) in [6.07, 6.45) is 6.20. The Morgan fingerprint density at radius 1 is 0.975 bits per heavy atom. The summed E-state index contributed by atoms with van der Waals surface area (Å²) in [7, 11) is 0. The molecule has 9 heteroatoms. The topological polar surface area (TPSA) is 117 Å². The molecular formula is C31H42ClN3O5. The smallest absolute Gasteiger partial charge is 0.408 e. The van der Waals surface area contributed by atoms with Crippen LogP contribution in [0.2, 0.25) is 5.02 Å². The van der Waals surface area contributed by atoms with Crippen LogP contribution in [0, 0.1) is 11.8 Å². The molecule has 1 saturated carbocycles. The number of ether oxygens (including phenoxy) is 1. The highest BCUT2D eigenvalue weighted by atomic mass is 35.5. The normalized spacial score (nSPS) is 15.9. The van der Waals surface area contributed by atoms with E-state index >= 15 is 0 Å². The number of nitrogens with one attached hydrogen (secondary N) is 3. The second-order valence-electron chi connectivity index (χ2n) is 10.7. The first-order valence-corrected chi connectivity index (χ1v) is 14.6. The minimum atomic E-state index is -0.806. The van der Waals surface area contributed by atoms with Crippen molar-refractivity contribution in [2.75, 3.05) is 13.2 Å². The molecule has 40 heavy (non-hydrogen) atoms. The quantitative estimate of drug-likeness (QED) is 0.261. The third-order valence-electron chi connectivity index (χ3n) is 7.37. The number of amides is 3. The molecule has 3 amide bonds. The Hall–Kier alpha value is -3.10. The molecule has 0 radical (unpaired) electrons. The summed E-state index contributed by atoms with van der Waals surface area (Å²) in [5.74, 6) is -0.619. The Balaban J connectivity index is 1.52. The Morgan fingerprint density at radius 3 is 2.40 bits per heavy atom. The van der Waals surface area contributed by atoms with Gasteiger partial charge in [-0.2, -0.15) is 0 Å². The standard InChI is InChI=1S/C31H42ClN3O5/c1-22(29(37)33-16-15-23-9-4-2-5-10-23)17-27(20-36)34-30(38)28(19-24-11-6-3-7-12-24)35-31(39)40-21-25-13-8-14-26(32)18-25/h2,4-5,8-10,13-14,18,22,24,27-28,36H,3,6-7,11-12,15-17,19-21H2,1H3,(H,33,37)(H,34,38)(H,35,39). The molecule has 3 unspecified atom stereocenters. The van der Waals surface area contributed by atoms with Crippen molar-refractivity contribution in [3.8, 4) is 0 Å². The van der Waals surface area contributed by atoms with Crippen molar-refractivity contribution < 1.29 is 24.2 Å². The highest BCUT2D eigenvalue weighted by Gasteiger charge is 2.29. The lowest BCUT2D eigenvalue weighted by atomic mass is 9.84. The Morgan fingerprint density at radius 2 is 1.70 bits per heavy atom. The van der Waals surface area contributed by atoms with Gasteiger partial charge in [0.15, 0.2) is 0 Å². The first kappa shape index (κ1) is 31.4. The van der Waals surface area contributed by atoms with Gasteiger partial charge in [-0.3, -0.25) is 9.59 Å². The van der Waals surface area contributed by atoms with Gasteiger partial charge in [-0.25, -0.2) is 4.79 Å². The number of aliphatic hydroxyl groups is 1. The molecule has 2 aromatic carbocycles. The molecule has 0 spiro atoms. The highest BCUT2D eigenvalue weighted by Crippen LogP contribution is 2.27. The number of benzene rings is 2. The Labute approximate surface area is 242 Å². The van der Waals surface area contributed by atoms with Crippen molar-refractivity contribution in [3.63, 3.8) is 0 Å². The summed E-state index contributed by atoms with van der Waals surface area (Å²) in [6.45, 7) is 1.99. The van der Waals surface area contributed by atoms with Crippen molar-refractivity contribution in [2.45, 2.75) is 77.0 Å². The molecule has 0 saturated heterocycles. The average molecular weight is 572 g/mol. The minimum absolute atomic E-state index is 0.0281. The summed E-state index contributed by atoms with van der Waals surface area (Å²) in [6, 6.07) is 15.5. The van der Waals surface area contributed by atoms with Gasteiger partial charge in [0.25, 0.3) is 0 Å². The Bertz CT molecular complexity index is 1080. The van der Waals surface area contributed by atoms with Gasteiger partial charge in [0.1, 0.15) is 12.6 Å². The van der Waals surface area contributed by atoms with Crippen molar-refractivity contribution in [3.05, 3.63) is 70.7 Å². The molecule has 0 heterocycles. The summed E-state index contributed by atoms with van der Waals surface area (Å²) in [4.78, 5) is 38.6. The maximum atomic E-state index is 13.3. The van der Waals surface area contributed by atoms with E-state index in [9.17, 15) is 19.5 Å². The van der Waals surface area contributed by atoms with Gasteiger partial charge in [0, 0.05) is 17.5 Å². The highest BCUT2D eigenvalue weighted by molar-refractivity contribution is 6.30. The first-order chi connectivity index (χ1) is 19.3. The fourth-order valence-corrected chi connectivity index (χ4v) is 5.32. The zero-order valence-corrected chi connectivity index (χ0v) is 24.0. The molecule has 3 rings (SSSR count). The molecule has 1 aliphatic carbocycles. The monoisotopic (exact) mass is 571 g/mol. The van der Waals surface area contributed by atoms with Gasteiger partial charge >= 0.3 is 6.09 Å². The van der Waals surface area contributed by atoms with Crippen LogP contribution in [-0.4, -0.2) is 48.2 Å². The van der Waals surface area contributed by atoms with Crippen molar-refractivity contribution in [1.29, 1.82) is 0 Å². The van der Waals surface area contributed by atoms with E-state index in [1.165, 1.54) is 6.42 Å². The fourth-order valence-electron chi connectivity index (χ4n) is 5.11. The van der Waals surface area contributed by atoms with Crippen LogP contribution in [-0.2, 0) is 27.4 Å². The van der Waals surface area contributed by atoms with Crippen LogP contribution >= 0.6 is 11.6 Å². The number of halogens is 1. The van der Waals surface area contributed by atoms with E-state index < -0.39 is 24.1 Å². The van der Waals surface area contributed by atoms with Gasteiger partial charge < -0.3 is 25.8 Å². The number of hydrogen-bond donors (Lipinski definition) is 4. The zero-order valence-electron chi connectivity index (χ0n) is 23.2. The summed E-state index contributed by atoms with van der Waals surface area (Å²) >= 11 is 6.01. The molecule has 0 aromatic heterocycles. The second kappa shape index (κ2) is 16.9. The van der Waals surface area contributed by atoms with Gasteiger partial charge in [0.2, 0.25) is 11.8 Å². The third-order valence-corrected chi connectivity index (χ3v) is 7.60. The van der Waals surface area contributed by atoms with Gasteiger partial charge in [-0.1, -0.05) is 93.1 Å². The van der Waals surface area contributed by atoms with E-state index in [4.69, 9.17) is 16.3 Å². The predicted octanol–water partition coefficient (Wildman–Crippen LogP) is 4.77. The van der Waals surface area contributed by atoms with E-state index in [0.717, 1.165) is 43.2 Å².